The molecular formula is C19H29NO3. The van der Waals surface area contributed by atoms with Crippen molar-refractivity contribution in [3.8, 4) is 5.75 Å². The van der Waals surface area contributed by atoms with Crippen molar-refractivity contribution in [2.24, 2.45) is 0 Å². The van der Waals surface area contributed by atoms with Crippen LogP contribution in [0.3, 0.4) is 0 Å². The van der Waals surface area contributed by atoms with Crippen LogP contribution in [0.25, 0.3) is 0 Å². The number of carbonyl (C=O) groups excluding carboxylic acids is 1. The number of carbonyl (C=O) groups is 1. The van der Waals surface area contributed by atoms with Gasteiger partial charge in [-0.05, 0) is 51.2 Å². The standard InChI is InChI=1S/C19H29NO3/c1-13(2)15-9-6-7-10-17(15)23-19(4,5)18(21)20-14(3)16-11-8-12-22-16/h6-7,9-10,13-14,16H,8,11-12H2,1-5H3,(H,20,21)/t14-,16+/m0/s1. The van der Waals surface area contributed by atoms with Crippen LogP contribution in [0.2, 0.25) is 0 Å². The van der Waals surface area contributed by atoms with E-state index in [1.54, 1.807) is 0 Å². The number of hydrogen-bond donors (Lipinski definition) is 1. The zero-order chi connectivity index (χ0) is 17.0. The molecule has 1 fully saturated rings. The predicted molar refractivity (Wildman–Crippen MR) is 91.8 cm³/mol. The summed E-state index contributed by atoms with van der Waals surface area (Å²) in [4.78, 5) is 12.6. The van der Waals surface area contributed by atoms with Crippen molar-refractivity contribution in [3.63, 3.8) is 0 Å². The van der Waals surface area contributed by atoms with Gasteiger partial charge in [0.25, 0.3) is 5.91 Å². The molecule has 0 unspecified atom stereocenters. The van der Waals surface area contributed by atoms with E-state index in [4.69, 9.17) is 9.47 Å². The molecule has 0 bridgehead atoms. The topological polar surface area (TPSA) is 47.6 Å². The molecule has 4 nitrogen and oxygen atoms in total. The van der Waals surface area contributed by atoms with E-state index in [-0.39, 0.29) is 18.1 Å². The van der Waals surface area contributed by atoms with E-state index in [2.05, 4.69) is 19.2 Å². The van der Waals surface area contributed by atoms with Gasteiger partial charge in [0, 0.05) is 6.61 Å². The molecular weight excluding hydrogens is 290 g/mol. The molecule has 2 rings (SSSR count). The van der Waals surface area contributed by atoms with Crippen molar-refractivity contribution >= 4 is 5.91 Å². The average Bonchev–Trinajstić information content (AvgIpc) is 3.01. The van der Waals surface area contributed by atoms with Gasteiger partial charge >= 0.3 is 0 Å². The van der Waals surface area contributed by atoms with Gasteiger partial charge in [0.15, 0.2) is 5.60 Å². The van der Waals surface area contributed by atoms with E-state index in [1.165, 1.54) is 0 Å². The van der Waals surface area contributed by atoms with Gasteiger partial charge in [-0.1, -0.05) is 32.0 Å². The molecule has 0 aliphatic carbocycles. The zero-order valence-electron chi connectivity index (χ0n) is 14.9. The fraction of sp³-hybridized carbons (Fsp3) is 0.632. The van der Waals surface area contributed by atoms with Crippen LogP contribution in [0.4, 0.5) is 0 Å². The molecule has 1 saturated heterocycles. The van der Waals surface area contributed by atoms with Crippen LogP contribution in [0.1, 0.15) is 58.9 Å². The zero-order valence-corrected chi connectivity index (χ0v) is 14.9. The van der Waals surface area contributed by atoms with Crippen molar-refractivity contribution < 1.29 is 14.3 Å². The number of nitrogens with one attached hydrogen (secondary N) is 1. The molecule has 128 valence electrons. The average molecular weight is 319 g/mol. The van der Waals surface area contributed by atoms with E-state index >= 15 is 0 Å². The van der Waals surface area contributed by atoms with Gasteiger partial charge in [-0.25, -0.2) is 0 Å². The van der Waals surface area contributed by atoms with Crippen molar-refractivity contribution in [3.05, 3.63) is 29.8 Å². The maximum absolute atomic E-state index is 12.6. The monoisotopic (exact) mass is 319 g/mol. The molecule has 1 aromatic carbocycles. The molecule has 2 atom stereocenters. The van der Waals surface area contributed by atoms with Crippen molar-refractivity contribution in [2.75, 3.05) is 6.61 Å². The van der Waals surface area contributed by atoms with Gasteiger partial charge in [-0.15, -0.1) is 0 Å². The molecule has 1 aliphatic heterocycles. The Kier molecular flexibility index (Phi) is 5.69. The predicted octanol–water partition coefficient (Wildman–Crippen LogP) is 3.65. The maximum atomic E-state index is 12.6. The highest BCUT2D eigenvalue weighted by molar-refractivity contribution is 5.85. The van der Waals surface area contributed by atoms with Crippen LogP contribution in [-0.4, -0.2) is 30.3 Å². The molecule has 1 aliphatic rings. The second-order valence-corrected chi connectivity index (χ2v) is 7.12. The Balaban J connectivity index is 2.04. The number of benzene rings is 1. The van der Waals surface area contributed by atoms with Crippen LogP contribution in [0.15, 0.2) is 24.3 Å². The van der Waals surface area contributed by atoms with Gasteiger partial charge in [0.2, 0.25) is 0 Å². The van der Waals surface area contributed by atoms with Crippen LogP contribution in [0, 0.1) is 0 Å². The highest BCUT2D eigenvalue weighted by Crippen LogP contribution is 2.29. The number of ether oxygens (including phenoxy) is 2. The molecule has 0 aromatic heterocycles. The third-order valence-electron chi connectivity index (χ3n) is 4.33. The fourth-order valence-electron chi connectivity index (χ4n) is 2.84. The van der Waals surface area contributed by atoms with Crippen LogP contribution >= 0.6 is 0 Å². The lowest BCUT2D eigenvalue weighted by Crippen LogP contribution is -2.52. The number of amides is 1. The first-order valence-electron chi connectivity index (χ1n) is 8.52. The minimum Gasteiger partial charge on any atom is -0.478 e. The Labute approximate surface area is 139 Å². The lowest BCUT2D eigenvalue weighted by molar-refractivity contribution is -0.135. The molecule has 0 spiro atoms. The molecule has 1 aromatic rings. The summed E-state index contributed by atoms with van der Waals surface area (Å²) in [7, 11) is 0. The normalized spacial score (nSPS) is 19.7. The maximum Gasteiger partial charge on any atom is 0.263 e. The highest BCUT2D eigenvalue weighted by Gasteiger charge is 2.34. The largest absolute Gasteiger partial charge is 0.478 e. The Morgan fingerprint density at radius 2 is 2.00 bits per heavy atom. The second kappa shape index (κ2) is 7.35. The minimum absolute atomic E-state index is 0.00628. The van der Waals surface area contributed by atoms with E-state index in [0.29, 0.717) is 5.92 Å². The molecule has 0 radical (unpaired) electrons. The molecule has 0 saturated carbocycles. The number of rotatable bonds is 6. The van der Waals surface area contributed by atoms with Crippen molar-refractivity contribution in [2.45, 2.75) is 71.1 Å². The summed E-state index contributed by atoms with van der Waals surface area (Å²) < 4.78 is 11.7. The summed E-state index contributed by atoms with van der Waals surface area (Å²) in [6.07, 6.45) is 2.17. The smallest absolute Gasteiger partial charge is 0.263 e. The Morgan fingerprint density at radius 3 is 2.61 bits per heavy atom. The Bertz CT molecular complexity index is 533. The minimum atomic E-state index is -0.933. The van der Waals surface area contributed by atoms with Crippen LogP contribution in [0.5, 0.6) is 5.75 Å². The summed E-state index contributed by atoms with van der Waals surface area (Å²) in [5, 5.41) is 3.04. The molecule has 4 heteroatoms. The Morgan fingerprint density at radius 1 is 1.30 bits per heavy atom. The lowest BCUT2D eigenvalue weighted by Gasteiger charge is -2.30. The summed E-state index contributed by atoms with van der Waals surface area (Å²) in [6, 6.07) is 7.89. The second-order valence-electron chi connectivity index (χ2n) is 7.12. The first-order valence-corrected chi connectivity index (χ1v) is 8.52. The SMILES string of the molecule is CC(C)c1ccccc1OC(C)(C)C(=O)N[C@@H](C)[C@H]1CCCO1. The quantitative estimate of drug-likeness (QED) is 0.870. The molecule has 1 N–H and O–H groups in total. The number of hydrogen-bond acceptors (Lipinski definition) is 3. The first kappa shape index (κ1) is 17.8. The molecule has 23 heavy (non-hydrogen) atoms. The summed E-state index contributed by atoms with van der Waals surface area (Å²) in [5.74, 6) is 1.00. The third-order valence-corrected chi connectivity index (χ3v) is 4.33. The number of para-hydroxylation sites is 1. The van der Waals surface area contributed by atoms with Gasteiger partial charge in [-0.3, -0.25) is 4.79 Å². The summed E-state index contributed by atoms with van der Waals surface area (Å²) in [5.41, 5.74) is 0.179. The van der Waals surface area contributed by atoms with Gasteiger partial charge < -0.3 is 14.8 Å². The lowest BCUT2D eigenvalue weighted by atomic mass is 10.0. The third kappa shape index (κ3) is 4.47. The van der Waals surface area contributed by atoms with Crippen LogP contribution in [-0.2, 0) is 9.53 Å². The van der Waals surface area contributed by atoms with E-state index < -0.39 is 5.60 Å². The fourth-order valence-corrected chi connectivity index (χ4v) is 2.84. The van der Waals surface area contributed by atoms with E-state index in [0.717, 1.165) is 30.8 Å². The summed E-state index contributed by atoms with van der Waals surface area (Å²) in [6.45, 7) is 10.6. The van der Waals surface area contributed by atoms with Crippen molar-refractivity contribution in [1.82, 2.24) is 5.32 Å². The van der Waals surface area contributed by atoms with Crippen molar-refractivity contribution in [1.29, 1.82) is 0 Å². The van der Waals surface area contributed by atoms with Gasteiger partial charge in [0.1, 0.15) is 5.75 Å². The van der Waals surface area contributed by atoms with E-state index in [9.17, 15) is 4.79 Å². The van der Waals surface area contributed by atoms with Gasteiger partial charge in [0.05, 0.1) is 12.1 Å². The highest BCUT2D eigenvalue weighted by atomic mass is 16.5. The molecule has 1 heterocycles. The summed E-state index contributed by atoms with van der Waals surface area (Å²) >= 11 is 0. The van der Waals surface area contributed by atoms with Crippen LogP contribution < -0.4 is 10.1 Å². The van der Waals surface area contributed by atoms with E-state index in [1.807, 2.05) is 45.0 Å². The first-order chi connectivity index (χ1) is 10.8. The van der Waals surface area contributed by atoms with Gasteiger partial charge in [-0.2, -0.15) is 0 Å². The Hall–Kier alpha value is -1.55. The molecule has 1 amide bonds.